The summed E-state index contributed by atoms with van der Waals surface area (Å²) in [4.78, 5) is 17.3. The van der Waals surface area contributed by atoms with Crippen molar-refractivity contribution < 1.29 is 14.3 Å². The number of nitrogens with zero attached hydrogens (tertiary/aromatic N) is 4. The molecule has 1 fully saturated rings. The largest absolute Gasteiger partial charge is 0.495 e. The summed E-state index contributed by atoms with van der Waals surface area (Å²) >= 11 is 0. The fourth-order valence-electron chi connectivity index (χ4n) is 3.41. The highest BCUT2D eigenvalue weighted by molar-refractivity contribution is 5.96. The Bertz CT molecular complexity index is 782. The number of methoxy groups -OCH3 is 1. The third kappa shape index (κ3) is 4.40. The van der Waals surface area contributed by atoms with E-state index >= 15 is 0 Å². The second-order valence-corrected chi connectivity index (χ2v) is 6.91. The van der Waals surface area contributed by atoms with Crippen LogP contribution < -0.4 is 14.4 Å². The summed E-state index contributed by atoms with van der Waals surface area (Å²) in [7, 11) is 1.68. The Balaban J connectivity index is 1.69. The molecular weight excluding hydrogens is 356 g/mol. The number of anilines is 1. The van der Waals surface area contributed by atoms with Gasteiger partial charge in [0, 0.05) is 38.9 Å². The summed E-state index contributed by atoms with van der Waals surface area (Å²) in [5.74, 6) is 1.30. The molecule has 2 heterocycles. The lowest BCUT2D eigenvalue weighted by molar-refractivity contribution is 0.0742. The van der Waals surface area contributed by atoms with Crippen molar-refractivity contribution in [3.05, 3.63) is 36.0 Å². The SMILES string of the molecule is CCCOc1nn(CCC)cc1C(=O)N1CCN(c2ccccc2OC)CC1. The maximum absolute atomic E-state index is 13.1. The number of piperazine rings is 1. The van der Waals surface area contributed by atoms with Crippen molar-refractivity contribution in [3.8, 4) is 11.6 Å². The molecule has 7 heteroatoms. The van der Waals surface area contributed by atoms with E-state index in [9.17, 15) is 4.79 Å². The summed E-state index contributed by atoms with van der Waals surface area (Å²) in [6.07, 6.45) is 3.66. The van der Waals surface area contributed by atoms with E-state index in [4.69, 9.17) is 9.47 Å². The number of carbonyl (C=O) groups is 1. The summed E-state index contributed by atoms with van der Waals surface area (Å²) in [6, 6.07) is 8.00. The van der Waals surface area contributed by atoms with Crippen molar-refractivity contribution in [1.29, 1.82) is 0 Å². The van der Waals surface area contributed by atoms with E-state index in [0.29, 0.717) is 31.1 Å². The number of aromatic nitrogens is 2. The van der Waals surface area contributed by atoms with Gasteiger partial charge in [0.2, 0.25) is 5.88 Å². The molecule has 1 saturated heterocycles. The molecule has 3 rings (SSSR count). The van der Waals surface area contributed by atoms with Gasteiger partial charge in [0.1, 0.15) is 11.3 Å². The molecule has 0 bridgehead atoms. The van der Waals surface area contributed by atoms with Crippen LogP contribution in [0.4, 0.5) is 5.69 Å². The lowest BCUT2D eigenvalue weighted by Gasteiger charge is -2.36. The molecule has 1 aromatic carbocycles. The number of carbonyl (C=O) groups excluding carboxylic acids is 1. The van der Waals surface area contributed by atoms with Crippen LogP contribution in [0.5, 0.6) is 11.6 Å². The van der Waals surface area contributed by atoms with Crippen molar-refractivity contribution in [3.63, 3.8) is 0 Å². The molecule has 0 unspecified atom stereocenters. The van der Waals surface area contributed by atoms with E-state index in [0.717, 1.165) is 43.9 Å². The van der Waals surface area contributed by atoms with Gasteiger partial charge in [0.15, 0.2) is 0 Å². The molecule has 7 nitrogen and oxygen atoms in total. The quantitative estimate of drug-likeness (QED) is 0.698. The van der Waals surface area contributed by atoms with Gasteiger partial charge in [-0.3, -0.25) is 9.48 Å². The molecule has 1 aromatic heterocycles. The van der Waals surface area contributed by atoms with Gasteiger partial charge in [-0.2, -0.15) is 0 Å². The minimum absolute atomic E-state index is 0.00636. The zero-order chi connectivity index (χ0) is 19.9. The van der Waals surface area contributed by atoms with Gasteiger partial charge in [-0.1, -0.05) is 26.0 Å². The number of hydrogen-bond donors (Lipinski definition) is 0. The van der Waals surface area contributed by atoms with E-state index in [1.54, 1.807) is 7.11 Å². The van der Waals surface area contributed by atoms with Crippen LogP contribution in [0.3, 0.4) is 0 Å². The van der Waals surface area contributed by atoms with E-state index in [2.05, 4.69) is 23.0 Å². The van der Waals surface area contributed by atoms with Crippen molar-refractivity contribution in [2.24, 2.45) is 0 Å². The number of para-hydroxylation sites is 2. The highest BCUT2D eigenvalue weighted by Crippen LogP contribution is 2.29. The zero-order valence-corrected chi connectivity index (χ0v) is 17.1. The van der Waals surface area contributed by atoms with Crippen molar-refractivity contribution in [1.82, 2.24) is 14.7 Å². The molecule has 28 heavy (non-hydrogen) atoms. The molecular formula is C21H30N4O3. The van der Waals surface area contributed by atoms with E-state index in [1.165, 1.54) is 0 Å². The van der Waals surface area contributed by atoms with Crippen LogP contribution in [-0.2, 0) is 6.54 Å². The Hall–Kier alpha value is -2.70. The molecule has 2 aromatic rings. The molecule has 1 amide bonds. The van der Waals surface area contributed by atoms with Gasteiger partial charge in [-0.15, -0.1) is 5.10 Å². The summed E-state index contributed by atoms with van der Waals surface area (Å²) < 4.78 is 13.0. The first-order valence-corrected chi connectivity index (χ1v) is 10.0. The number of benzene rings is 1. The monoisotopic (exact) mass is 386 g/mol. The normalized spacial score (nSPS) is 14.2. The van der Waals surface area contributed by atoms with Gasteiger partial charge in [-0.25, -0.2) is 0 Å². The second-order valence-electron chi connectivity index (χ2n) is 6.91. The predicted molar refractivity (Wildman–Crippen MR) is 109 cm³/mol. The smallest absolute Gasteiger partial charge is 0.261 e. The average Bonchev–Trinajstić information content (AvgIpc) is 3.14. The first-order valence-electron chi connectivity index (χ1n) is 10.0. The predicted octanol–water partition coefficient (Wildman–Crippen LogP) is 3.05. The fourth-order valence-corrected chi connectivity index (χ4v) is 3.41. The molecule has 1 aliphatic rings. The Kier molecular flexibility index (Phi) is 6.79. The van der Waals surface area contributed by atoms with Crippen molar-refractivity contribution in [2.75, 3.05) is 44.8 Å². The third-order valence-corrected chi connectivity index (χ3v) is 4.85. The first kappa shape index (κ1) is 20.0. The minimum Gasteiger partial charge on any atom is -0.495 e. The number of aryl methyl sites for hydroxylation is 1. The van der Waals surface area contributed by atoms with Gasteiger partial charge < -0.3 is 19.3 Å². The molecule has 152 valence electrons. The average molecular weight is 386 g/mol. The third-order valence-electron chi connectivity index (χ3n) is 4.85. The summed E-state index contributed by atoms with van der Waals surface area (Å²) in [5.41, 5.74) is 1.63. The van der Waals surface area contributed by atoms with Crippen LogP contribution >= 0.6 is 0 Å². The Labute approximate surface area is 166 Å². The maximum Gasteiger partial charge on any atom is 0.261 e. The van der Waals surface area contributed by atoms with Crippen molar-refractivity contribution in [2.45, 2.75) is 33.2 Å². The number of ether oxygens (including phenoxy) is 2. The van der Waals surface area contributed by atoms with Crippen LogP contribution in [-0.4, -0.2) is 60.5 Å². The molecule has 0 atom stereocenters. The van der Waals surface area contributed by atoms with E-state index in [1.807, 2.05) is 40.9 Å². The standard InChI is InChI=1S/C21H30N4O3/c1-4-10-25-16-17(20(22-25)28-15-5-2)21(26)24-13-11-23(12-14-24)18-8-6-7-9-19(18)27-3/h6-9,16H,4-5,10-15H2,1-3H3. The van der Waals surface area contributed by atoms with Crippen LogP contribution in [0, 0.1) is 0 Å². The van der Waals surface area contributed by atoms with Crippen LogP contribution in [0.15, 0.2) is 30.5 Å². The van der Waals surface area contributed by atoms with Gasteiger partial charge in [-0.05, 0) is 25.0 Å². The molecule has 0 aliphatic carbocycles. The summed E-state index contributed by atoms with van der Waals surface area (Å²) in [5, 5.41) is 4.46. The van der Waals surface area contributed by atoms with Gasteiger partial charge in [0.05, 0.1) is 19.4 Å². The van der Waals surface area contributed by atoms with E-state index < -0.39 is 0 Å². The van der Waals surface area contributed by atoms with Crippen molar-refractivity contribution >= 4 is 11.6 Å². The highest BCUT2D eigenvalue weighted by Gasteiger charge is 2.27. The Morgan fingerprint density at radius 3 is 2.54 bits per heavy atom. The van der Waals surface area contributed by atoms with Crippen LogP contribution in [0.1, 0.15) is 37.0 Å². The zero-order valence-electron chi connectivity index (χ0n) is 17.1. The van der Waals surface area contributed by atoms with Crippen LogP contribution in [0.2, 0.25) is 0 Å². The first-order chi connectivity index (χ1) is 13.7. The number of hydrogen-bond acceptors (Lipinski definition) is 5. The van der Waals surface area contributed by atoms with Gasteiger partial charge >= 0.3 is 0 Å². The Morgan fingerprint density at radius 2 is 1.86 bits per heavy atom. The Morgan fingerprint density at radius 1 is 1.11 bits per heavy atom. The maximum atomic E-state index is 13.1. The molecule has 0 radical (unpaired) electrons. The lowest BCUT2D eigenvalue weighted by atomic mass is 10.2. The minimum atomic E-state index is -0.00636. The summed E-state index contributed by atoms with van der Waals surface area (Å²) in [6.45, 7) is 8.31. The fraction of sp³-hybridized carbons (Fsp3) is 0.524. The molecule has 0 saturated carbocycles. The number of amides is 1. The van der Waals surface area contributed by atoms with Crippen LogP contribution in [0.25, 0.3) is 0 Å². The number of rotatable bonds is 8. The van der Waals surface area contributed by atoms with Gasteiger partial charge in [0.25, 0.3) is 5.91 Å². The molecule has 0 N–H and O–H groups in total. The lowest BCUT2D eigenvalue weighted by Crippen LogP contribution is -2.48. The topological polar surface area (TPSA) is 59.8 Å². The highest BCUT2D eigenvalue weighted by atomic mass is 16.5. The second kappa shape index (κ2) is 9.48. The molecule has 1 aliphatic heterocycles. The molecule has 0 spiro atoms. The van der Waals surface area contributed by atoms with E-state index in [-0.39, 0.29) is 5.91 Å².